The molecule has 2 N–H and O–H groups in total. The van der Waals surface area contributed by atoms with Gasteiger partial charge in [0.25, 0.3) is 5.91 Å². The average Bonchev–Trinajstić information content (AvgIpc) is 2.81. The van der Waals surface area contributed by atoms with Crippen LogP contribution in [0.4, 0.5) is 0 Å². The van der Waals surface area contributed by atoms with E-state index in [4.69, 9.17) is 16.3 Å². The average molecular weight is 486 g/mol. The van der Waals surface area contributed by atoms with Gasteiger partial charge in [-0.1, -0.05) is 41.9 Å². The number of amides is 3. The zero-order chi connectivity index (χ0) is 24.7. The highest BCUT2D eigenvalue weighted by molar-refractivity contribution is 6.32. The van der Waals surface area contributed by atoms with Crippen LogP contribution in [0.15, 0.2) is 48.5 Å². The molecule has 0 aromatic heterocycles. The first-order chi connectivity index (χ1) is 16.3. The maximum Gasteiger partial charge on any atom is 0.251 e. The zero-order valence-corrected chi connectivity index (χ0v) is 20.6. The van der Waals surface area contributed by atoms with Gasteiger partial charge in [0.1, 0.15) is 11.8 Å². The number of piperidine rings is 1. The summed E-state index contributed by atoms with van der Waals surface area (Å²) in [5.41, 5.74) is 1.43. The topological polar surface area (TPSA) is 87.7 Å². The molecule has 0 radical (unpaired) electrons. The molecule has 1 heterocycles. The molecule has 2 atom stereocenters. The summed E-state index contributed by atoms with van der Waals surface area (Å²) < 4.78 is 5.61. The number of nitrogens with one attached hydrogen (secondary N) is 2. The molecule has 1 fully saturated rings. The van der Waals surface area contributed by atoms with Crippen LogP contribution in [0.25, 0.3) is 0 Å². The van der Waals surface area contributed by atoms with E-state index in [1.54, 1.807) is 12.1 Å². The van der Waals surface area contributed by atoms with Crippen LogP contribution in [-0.2, 0) is 16.1 Å². The summed E-state index contributed by atoms with van der Waals surface area (Å²) >= 11 is 6.26. The van der Waals surface area contributed by atoms with E-state index in [-0.39, 0.29) is 23.8 Å². The molecule has 1 unspecified atom stereocenters. The number of likely N-dealkylation sites (tertiary alicyclic amines) is 1. The fourth-order valence-electron chi connectivity index (χ4n) is 4.09. The Labute approximate surface area is 205 Å². The van der Waals surface area contributed by atoms with Crippen molar-refractivity contribution in [3.63, 3.8) is 0 Å². The van der Waals surface area contributed by atoms with Crippen molar-refractivity contribution >= 4 is 29.3 Å². The monoisotopic (exact) mass is 485 g/mol. The molecule has 1 saturated heterocycles. The molecule has 2 aromatic rings. The van der Waals surface area contributed by atoms with Crippen molar-refractivity contribution in [3.8, 4) is 5.75 Å². The van der Waals surface area contributed by atoms with Gasteiger partial charge in [0, 0.05) is 32.1 Å². The van der Waals surface area contributed by atoms with Gasteiger partial charge >= 0.3 is 0 Å². The normalized spacial score (nSPS) is 16.8. The molecule has 8 heteroatoms. The number of rotatable bonds is 9. The number of benzene rings is 2. The standard InChI is InChI=1S/C26H32ClN3O4/c1-17(2)34-23-10-9-20(15-21(23)27)25(32)29-22(26(33)28-3)13-19-11-12-30(24(31)14-19)16-18-7-5-4-6-8-18/h4-10,15,17,19,22H,11-14,16H2,1-3H3,(H,28,33)(H,29,32)/t19?,22-/m0/s1. The second kappa shape index (κ2) is 11.9. The van der Waals surface area contributed by atoms with Crippen LogP contribution in [0.5, 0.6) is 5.75 Å². The maximum absolute atomic E-state index is 12.9. The molecule has 1 aliphatic heterocycles. The van der Waals surface area contributed by atoms with Crippen molar-refractivity contribution in [2.45, 2.75) is 51.8 Å². The SMILES string of the molecule is CNC(=O)[C@H](CC1CCN(Cc2ccccc2)C(=O)C1)NC(=O)c1ccc(OC(C)C)c(Cl)c1. The number of carbonyl (C=O) groups is 3. The highest BCUT2D eigenvalue weighted by Gasteiger charge is 2.31. The van der Waals surface area contributed by atoms with Crippen molar-refractivity contribution in [1.82, 2.24) is 15.5 Å². The highest BCUT2D eigenvalue weighted by atomic mass is 35.5. The largest absolute Gasteiger partial charge is 0.489 e. The Bertz CT molecular complexity index is 1010. The third-order valence-corrected chi connectivity index (χ3v) is 6.13. The minimum absolute atomic E-state index is 0.00697. The summed E-state index contributed by atoms with van der Waals surface area (Å²) in [5, 5.41) is 5.75. The molecule has 0 bridgehead atoms. The minimum Gasteiger partial charge on any atom is -0.489 e. The van der Waals surface area contributed by atoms with Crippen molar-refractivity contribution < 1.29 is 19.1 Å². The first-order valence-electron chi connectivity index (χ1n) is 11.6. The fourth-order valence-corrected chi connectivity index (χ4v) is 4.31. The van der Waals surface area contributed by atoms with Gasteiger partial charge in [-0.2, -0.15) is 0 Å². The van der Waals surface area contributed by atoms with Crippen molar-refractivity contribution in [1.29, 1.82) is 0 Å². The first-order valence-corrected chi connectivity index (χ1v) is 11.9. The molecule has 2 aromatic carbocycles. The lowest BCUT2D eigenvalue weighted by Gasteiger charge is -2.33. The van der Waals surface area contributed by atoms with Crippen LogP contribution in [0.1, 0.15) is 49.0 Å². The number of likely N-dealkylation sites (N-methyl/N-ethyl adjacent to an activating group) is 1. The summed E-state index contributed by atoms with van der Waals surface area (Å²) in [5.74, 6) is -0.128. The maximum atomic E-state index is 12.9. The molecule has 1 aliphatic rings. The Morgan fingerprint density at radius 3 is 2.53 bits per heavy atom. The third kappa shape index (κ3) is 6.97. The van der Waals surface area contributed by atoms with Crippen LogP contribution in [-0.4, -0.2) is 48.4 Å². The minimum atomic E-state index is -0.749. The molecule has 0 saturated carbocycles. The van der Waals surface area contributed by atoms with Crippen molar-refractivity contribution in [2.24, 2.45) is 5.92 Å². The number of ether oxygens (including phenoxy) is 1. The number of hydrogen-bond donors (Lipinski definition) is 2. The van der Waals surface area contributed by atoms with Gasteiger partial charge in [0.15, 0.2) is 0 Å². The number of carbonyl (C=O) groups excluding carboxylic acids is 3. The molecule has 7 nitrogen and oxygen atoms in total. The van der Waals surface area contributed by atoms with E-state index in [1.807, 2.05) is 49.1 Å². The number of nitrogens with zero attached hydrogens (tertiary/aromatic N) is 1. The van der Waals surface area contributed by atoms with E-state index >= 15 is 0 Å². The lowest BCUT2D eigenvalue weighted by molar-refractivity contribution is -0.136. The summed E-state index contributed by atoms with van der Waals surface area (Å²) in [6.07, 6.45) is 1.47. The Morgan fingerprint density at radius 2 is 1.91 bits per heavy atom. The molecule has 3 rings (SSSR count). The summed E-state index contributed by atoms with van der Waals surface area (Å²) in [7, 11) is 1.53. The first kappa shape index (κ1) is 25.6. The third-order valence-electron chi connectivity index (χ3n) is 5.83. The molecule has 182 valence electrons. The quantitative estimate of drug-likeness (QED) is 0.565. The van der Waals surface area contributed by atoms with Crippen molar-refractivity contribution in [3.05, 3.63) is 64.7 Å². The van der Waals surface area contributed by atoms with Gasteiger partial charge in [0.05, 0.1) is 11.1 Å². The molecular formula is C26H32ClN3O4. The van der Waals surface area contributed by atoms with Gasteiger partial charge < -0.3 is 20.3 Å². The van der Waals surface area contributed by atoms with E-state index in [1.165, 1.54) is 13.1 Å². The molecule has 0 spiro atoms. The lowest BCUT2D eigenvalue weighted by atomic mass is 9.89. The van der Waals surface area contributed by atoms with Crippen LogP contribution in [0.3, 0.4) is 0 Å². The predicted molar refractivity (Wildman–Crippen MR) is 132 cm³/mol. The van der Waals surface area contributed by atoms with Crippen LogP contribution in [0, 0.1) is 5.92 Å². The van der Waals surface area contributed by atoms with Gasteiger partial charge in [-0.3, -0.25) is 14.4 Å². The lowest BCUT2D eigenvalue weighted by Crippen LogP contribution is -2.48. The number of halogens is 1. The Kier molecular flexibility index (Phi) is 8.93. The van der Waals surface area contributed by atoms with E-state index in [9.17, 15) is 14.4 Å². The number of hydrogen-bond acceptors (Lipinski definition) is 4. The molecule has 34 heavy (non-hydrogen) atoms. The second-order valence-electron chi connectivity index (χ2n) is 8.85. The fraction of sp³-hybridized carbons (Fsp3) is 0.423. The van der Waals surface area contributed by atoms with E-state index in [0.717, 1.165) is 12.0 Å². The summed E-state index contributed by atoms with van der Waals surface area (Å²) in [6.45, 7) is 4.99. The van der Waals surface area contributed by atoms with Gasteiger partial charge in [-0.05, 0) is 56.4 Å². The Hall–Kier alpha value is -3.06. The van der Waals surface area contributed by atoms with E-state index in [0.29, 0.717) is 42.3 Å². The van der Waals surface area contributed by atoms with Gasteiger partial charge in [-0.15, -0.1) is 0 Å². The second-order valence-corrected chi connectivity index (χ2v) is 9.25. The van der Waals surface area contributed by atoms with Crippen molar-refractivity contribution in [2.75, 3.05) is 13.6 Å². The Balaban J connectivity index is 1.61. The van der Waals surface area contributed by atoms with Crippen LogP contribution in [0.2, 0.25) is 5.02 Å². The van der Waals surface area contributed by atoms with Gasteiger partial charge in [0.2, 0.25) is 11.8 Å². The molecule has 0 aliphatic carbocycles. The molecular weight excluding hydrogens is 454 g/mol. The van der Waals surface area contributed by atoms with E-state index in [2.05, 4.69) is 10.6 Å². The van der Waals surface area contributed by atoms with Gasteiger partial charge in [-0.25, -0.2) is 0 Å². The molecule has 3 amide bonds. The zero-order valence-electron chi connectivity index (χ0n) is 19.8. The summed E-state index contributed by atoms with van der Waals surface area (Å²) in [4.78, 5) is 40.0. The van der Waals surface area contributed by atoms with Crippen LogP contribution < -0.4 is 15.4 Å². The highest BCUT2D eigenvalue weighted by Crippen LogP contribution is 2.27. The predicted octanol–water partition coefficient (Wildman–Crippen LogP) is 3.80. The van der Waals surface area contributed by atoms with E-state index < -0.39 is 11.9 Å². The smallest absolute Gasteiger partial charge is 0.251 e. The van der Waals surface area contributed by atoms with Crippen LogP contribution >= 0.6 is 11.6 Å². The summed E-state index contributed by atoms with van der Waals surface area (Å²) in [6, 6.07) is 13.9. The Morgan fingerprint density at radius 1 is 1.18 bits per heavy atom.